The molecule has 0 fully saturated rings. The maximum atomic E-state index is 10.1. The van der Waals surface area contributed by atoms with E-state index >= 15 is 0 Å². The molecule has 1 aromatic carbocycles. The molecular formula is C12H12O2. The summed E-state index contributed by atoms with van der Waals surface area (Å²) < 4.78 is 0. The van der Waals surface area contributed by atoms with Crippen LogP contribution in [0.2, 0.25) is 0 Å². The summed E-state index contributed by atoms with van der Waals surface area (Å²) in [5.41, 5.74) is 2.27. The predicted octanol–water partition coefficient (Wildman–Crippen LogP) is 2.65. The van der Waals surface area contributed by atoms with E-state index < -0.39 is 5.97 Å². The molecule has 0 saturated carbocycles. The molecule has 0 heterocycles. The highest BCUT2D eigenvalue weighted by molar-refractivity contribution is 5.80. The largest absolute Gasteiger partial charge is 0.478 e. The third-order valence-corrected chi connectivity index (χ3v) is 1.72. The third kappa shape index (κ3) is 3.72. The normalized spacial score (nSPS) is 11.2. The minimum Gasteiger partial charge on any atom is -0.478 e. The van der Waals surface area contributed by atoms with Crippen LogP contribution in [-0.2, 0) is 4.79 Å². The summed E-state index contributed by atoms with van der Waals surface area (Å²) in [6.45, 7) is 2.03. The molecule has 0 aliphatic carbocycles. The van der Waals surface area contributed by atoms with Crippen LogP contribution in [0.15, 0.2) is 42.5 Å². The molecule has 0 unspecified atom stereocenters. The topological polar surface area (TPSA) is 37.3 Å². The Kier molecular flexibility index (Phi) is 3.68. The molecule has 0 saturated heterocycles. The lowest BCUT2D eigenvalue weighted by atomic mass is 10.1. The van der Waals surface area contributed by atoms with Crippen molar-refractivity contribution < 1.29 is 9.90 Å². The molecule has 2 nitrogen and oxygen atoms in total. The number of allylic oxidation sites excluding steroid dienone is 2. The fraction of sp³-hybridized carbons (Fsp3) is 0.0833. The maximum absolute atomic E-state index is 10.1. The lowest BCUT2D eigenvalue weighted by Crippen LogP contribution is -1.84. The van der Waals surface area contributed by atoms with Crippen LogP contribution in [0.25, 0.3) is 6.08 Å². The molecule has 0 bridgehead atoms. The van der Waals surface area contributed by atoms with Gasteiger partial charge in [-0.15, -0.1) is 0 Å². The summed E-state index contributed by atoms with van der Waals surface area (Å²) in [5.74, 6) is -0.932. The summed E-state index contributed by atoms with van der Waals surface area (Å²) in [7, 11) is 0. The van der Waals surface area contributed by atoms with Crippen molar-refractivity contribution in [2.24, 2.45) is 0 Å². The van der Waals surface area contributed by atoms with E-state index in [-0.39, 0.29) is 0 Å². The second kappa shape index (κ2) is 5.02. The van der Waals surface area contributed by atoms with Crippen molar-refractivity contribution in [3.63, 3.8) is 0 Å². The van der Waals surface area contributed by atoms with Crippen molar-refractivity contribution in [2.45, 2.75) is 6.92 Å². The maximum Gasteiger partial charge on any atom is 0.328 e. The first kappa shape index (κ1) is 10.3. The first-order chi connectivity index (χ1) is 6.68. The second-order valence-corrected chi connectivity index (χ2v) is 2.97. The summed E-state index contributed by atoms with van der Waals surface area (Å²) in [5, 5.41) is 8.33. The van der Waals surface area contributed by atoms with Gasteiger partial charge >= 0.3 is 5.97 Å². The average molecular weight is 188 g/mol. The Bertz CT molecular complexity index is 358. The Labute approximate surface area is 83.2 Å². The fourth-order valence-electron chi connectivity index (χ4n) is 0.982. The molecule has 0 aliphatic heterocycles. The standard InChI is InChI=1S/C12H12O2/c1-10-6-8-11(9-7-10)4-2-3-5-12(13)14/h2-9H,1H3,(H,13,14)/b4-2+,5-3+. The predicted molar refractivity (Wildman–Crippen MR) is 57.0 cm³/mol. The van der Waals surface area contributed by atoms with Crippen LogP contribution in [0.1, 0.15) is 11.1 Å². The van der Waals surface area contributed by atoms with E-state index in [9.17, 15) is 4.79 Å². The third-order valence-electron chi connectivity index (χ3n) is 1.72. The van der Waals surface area contributed by atoms with Gasteiger partial charge in [0, 0.05) is 6.08 Å². The first-order valence-electron chi connectivity index (χ1n) is 4.33. The van der Waals surface area contributed by atoms with Gasteiger partial charge in [-0.2, -0.15) is 0 Å². The van der Waals surface area contributed by atoms with Gasteiger partial charge in [0.2, 0.25) is 0 Å². The molecule has 0 atom stereocenters. The molecule has 72 valence electrons. The van der Waals surface area contributed by atoms with Gasteiger partial charge in [0.1, 0.15) is 0 Å². The molecule has 1 N–H and O–H groups in total. The molecule has 0 radical (unpaired) electrons. The Balaban J connectivity index is 2.60. The van der Waals surface area contributed by atoms with Crippen LogP contribution in [-0.4, -0.2) is 11.1 Å². The van der Waals surface area contributed by atoms with Crippen LogP contribution < -0.4 is 0 Å². The van der Waals surface area contributed by atoms with Crippen LogP contribution in [0, 0.1) is 6.92 Å². The molecule has 0 aliphatic rings. The highest BCUT2D eigenvalue weighted by Gasteiger charge is 1.85. The number of hydrogen-bond acceptors (Lipinski definition) is 1. The van der Waals surface area contributed by atoms with Gasteiger partial charge in [-0.3, -0.25) is 0 Å². The molecule has 1 rings (SSSR count). The number of carboxylic acids is 1. The number of carboxylic acid groups (broad SMARTS) is 1. The quantitative estimate of drug-likeness (QED) is 0.584. The molecule has 14 heavy (non-hydrogen) atoms. The van der Waals surface area contributed by atoms with Gasteiger partial charge < -0.3 is 5.11 Å². The fourth-order valence-corrected chi connectivity index (χ4v) is 0.982. The number of rotatable bonds is 3. The van der Waals surface area contributed by atoms with Crippen LogP contribution in [0.5, 0.6) is 0 Å². The van der Waals surface area contributed by atoms with E-state index in [1.165, 1.54) is 11.6 Å². The van der Waals surface area contributed by atoms with Gasteiger partial charge in [0.05, 0.1) is 0 Å². The molecule has 0 amide bonds. The van der Waals surface area contributed by atoms with Gasteiger partial charge in [0.25, 0.3) is 0 Å². The SMILES string of the molecule is Cc1ccc(/C=C/C=C/C(=O)O)cc1. The molecule has 0 spiro atoms. The molecular weight excluding hydrogens is 176 g/mol. The number of carbonyl (C=O) groups is 1. The minimum absolute atomic E-state index is 0.932. The van der Waals surface area contributed by atoms with Gasteiger partial charge in [-0.05, 0) is 12.5 Å². The van der Waals surface area contributed by atoms with E-state index in [0.717, 1.165) is 11.6 Å². The zero-order valence-corrected chi connectivity index (χ0v) is 7.97. The van der Waals surface area contributed by atoms with E-state index in [4.69, 9.17) is 5.11 Å². The van der Waals surface area contributed by atoms with E-state index in [0.29, 0.717) is 0 Å². The highest BCUT2D eigenvalue weighted by atomic mass is 16.4. The Morgan fingerprint density at radius 3 is 2.43 bits per heavy atom. The van der Waals surface area contributed by atoms with Crippen molar-refractivity contribution in [1.82, 2.24) is 0 Å². The van der Waals surface area contributed by atoms with Crippen LogP contribution >= 0.6 is 0 Å². The summed E-state index contributed by atoms with van der Waals surface area (Å²) >= 11 is 0. The number of aliphatic carboxylic acids is 1. The highest BCUT2D eigenvalue weighted by Crippen LogP contribution is 2.04. The number of benzene rings is 1. The molecule has 2 heteroatoms. The lowest BCUT2D eigenvalue weighted by molar-refractivity contribution is -0.131. The minimum atomic E-state index is -0.932. The van der Waals surface area contributed by atoms with Crippen LogP contribution in [0.4, 0.5) is 0 Å². The average Bonchev–Trinajstić information content (AvgIpc) is 2.15. The molecule has 0 aromatic heterocycles. The van der Waals surface area contributed by atoms with Crippen LogP contribution in [0.3, 0.4) is 0 Å². The number of aryl methyl sites for hydroxylation is 1. The number of hydrogen-bond donors (Lipinski definition) is 1. The van der Waals surface area contributed by atoms with Gasteiger partial charge in [-0.25, -0.2) is 4.79 Å². The second-order valence-electron chi connectivity index (χ2n) is 2.97. The monoisotopic (exact) mass is 188 g/mol. The Morgan fingerprint density at radius 2 is 1.86 bits per heavy atom. The molecule has 1 aromatic rings. The van der Waals surface area contributed by atoms with Crippen molar-refractivity contribution in [1.29, 1.82) is 0 Å². The van der Waals surface area contributed by atoms with E-state index in [1.807, 2.05) is 37.3 Å². The van der Waals surface area contributed by atoms with Crippen molar-refractivity contribution in [3.05, 3.63) is 53.6 Å². The Morgan fingerprint density at radius 1 is 1.21 bits per heavy atom. The van der Waals surface area contributed by atoms with Gasteiger partial charge in [0.15, 0.2) is 0 Å². The van der Waals surface area contributed by atoms with Gasteiger partial charge in [-0.1, -0.05) is 48.1 Å². The summed E-state index contributed by atoms with van der Waals surface area (Å²) in [6, 6.07) is 8.00. The van der Waals surface area contributed by atoms with E-state index in [1.54, 1.807) is 6.08 Å². The van der Waals surface area contributed by atoms with E-state index in [2.05, 4.69) is 0 Å². The van der Waals surface area contributed by atoms with Crippen molar-refractivity contribution >= 4 is 12.0 Å². The first-order valence-corrected chi connectivity index (χ1v) is 4.33. The Hall–Kier alpha value is -1.83. The van der Waals surface area contributed by atoms with Crippen molar-refractivity contribution in [3.8, 4) is 0 Å². The smallest absolute Gasteiger partial charge is 0.328 e. The lowest BCUT2D eigenvalue weighted by Gasteiger charge is -1.92. The zero-order valence-electron chi connectivity index (χ0n) is 7.97. The summed E-state index contributed by atoms with van der Waals surface area (Å²) in [6.07, 6.45) is 6.17. The summed E-state index contributed by atoms with van der Waals surface area (Å²) in [4.78, 5) is 10.1. The van der Waals surface area contributed by atoms with Crippen molar-refractivity contribution in [2.75, 3.05) is 0 Å². The zero-order chi connectivity index (χ0) is 10.4.